The predicted molar refractivity (Wildman–Crippen MR) is 64.9 cm³/mol. The fraction of sp³-hybridized carbons (Fsp3) is 0.667. The van der Waals surface area contributed by atoms with Gasteiger partial charge >= 0.3 is 11.9 Å². The van der Waals surface area contributed by atoms with Gasteiger partial charge in [-0.3, -0.25) is 19.3 Å². The van der Waals surface area contributed by atoms with Crippen molar-refractivity contribution in [1.82, 2.24) is 4.90 Å². The van der Waals surface area contributed by atoms with Gasteiger partial charge in [-0.1, -0.05) is 0 Å². The van der Waals surface area contributed by atoms with E-state index in [0.717, 1.165) is 4.90 Å². The molecule has 0 heterocycles. The van der Waals surface area contributed by atoms with Crippen molar-refractivity contribution >= 4 is 23.8 Å². The molecule has 0 rings (SSSR count). The monoisotopic (exact) mass is 273 g/mol. The maximum atomic E-state index is 11.6. The van der Waals surface area contributed by atoms with Crippen molar-refractivity contribution in [2.45, 2.75) is 39.2 Å². The van der Waals surface area contributed by atoms with Crippen molar-refractivity contribution in [3.8, 4) is 0 Å². The number of carbonyl (C=O) groups excluding carboxylic acids is 4. The van der Waals surface area contributed by atoms with Crippen molar-refractivity contribution in [3.63, 3.8) is 0 Å². The molecule has 0 spiro atoms. The van der Waals surface area contributed by atoms with Gasteiger partial charge in [-0.15, -0.1) is 0 Å². The number of amides is 2. The molecule has 7 nitrogen and oxygen atoms in total. The smallest absolute Gasteiger partial charge is 0.329 e. The van der Waals surface area contributed by atoms with Crippen LogP contribution in [0.25, 0.3) is 0 Å². The first kappa shape index (κ1) is 17.1. The molecule has 0 aromatic carbocycles. The number of ether oxygens (including phenoxy) is 2. The van der Waals surface area contributed by atoms with Gasteiger partial charge in [0.25, 0.3) is 0 Å². The summed E-state index contributed by atoms with van der Waals surface area (Å²) in [5.74, 6) is -2.18. The van der Waals surface area contributed by atoms with Crippen LogP contribution in [0.5, 0.6) is 0 Å². The predicted octanol–water partition coefficient (Wildman–Crippen LogP) is 0.266. The van der Waals surface area contributed by atoms with Crippen molar-refractivity contribution in [2.75, 3.05) is 14.2 Å². The van der Waals surface area contributed by atoms with Crippen molar-refractivity contribution in [2.24, 2.45) is 0 Å². The van der Waals surface area contributed by atoms with E-state index in [1.165, 1.54) is 28.1 Å². The van der Waals surface area contributed by atoms with Gasteiger partial charge in [-0.25, -0.2) is 4.79 Å². The summed E-state index contributed by atoms with van der Waals surface area (Å²) in [4.78, 5) is 46.3. The highest BCUT2D eigenvalue weighted by Gasteiger charge is 2.31. The lowest BCUT2D eigenvalue weighted by atomic mass is 10.1. The van der Waals surface area contributed by atoms with Crippen molar-refractivity contribution in [3.05, 3.63) is 0 Å². The van der Waals surface area contributed by atoms with Gasteiger partial charge in [0.2, 0.25) is 11.8 Å². The van der Waals surface area contributed by atoms with E-state index in [1.807, 2.05) is 0 Å². The molecule has 1 unspecified atom stereocenters. The standard InChI is InChI=1S/C12H19NO6/c1-8(14)13(9(2)15)10(12(17)19-4)6-5-7-11(16)18-3/h10H,5-7H2,1-4H3. The second kappa shape index (κ2) is 8.23. The van der Waals surface area contributed by atoms with Crippen LogP contribution in [0.15, 0.2) is 0 Å². The molecule has 0 fully saturated rings. The van der Waals surface area contributed by atoms with Gasteiger partial charge in [-0.05, 0) is 12.8 Å². The highest BCUT2D eigenvalue weighted by molar-refractivity contribution is 5.97. The van der Waals surface area contributed by atoms with Crippen molar-refractivity contribution in [1.29, 1.82) is 0 Å². The Morgan fingerprint density at radius 2 is 1.53 bits per heavy atom. The zero-order valence-corrected chi connectivity index (χ0v) is 11.6. The Morgan fingerprint density at radius 1 is 1.00 bits per heavy atom. The van der Waals surface area contributed by atoms with Crippen LogP contribution in [-0.4, -0.2) is 48.9 Å². The fourth-order valence-corrected chi connectivity index (χ4v) is 1.69. The van der Waals surface area contributed by atoms with Crippen molar-refractivity contribution < 1.29 is 28.7 Å². The van der Waals surface area contributed by atoms with Crippen LogP contribution in [0.3, 0.4) is 0 Å². The average Bonchev–Trinajstić information content (AvgIpc) is 2.35. The molecule has 1 atom stereocenters. The largest absolute Gasteiger partial charge is 0.469 e. The molecule has 0 saturated carbocycles. The molecule has 108 valence electrons. The highest BCUT2D eigenvalue weighted by Crippen LogP contribution is 2.12. The highest BCUT2D eigenvalue weighted by atomic mass is 16.5. The molecule has 0 aliphatic rings. The van der Waals surface area contributed by atoms with E-state index in [4.69, 9.17) is 0 Å². The normalized spacial score (nSPS) is 11.4. The molecule has 0 saturated heterocycles. The van der Waals surface area contributed by atoms with Crippen LogP contribution in [0.1, 0.15) is 33.1 Å². The van der Waals surface area contributed by atoms with Gasteiger partial charge in [0.15, 0.2) is 0 Å². The Balaban J connectivity index is 4.80. The summed E-state index contributed by atoms with van der Waals surface area (Å²) in [6.45, 7) is 2.38. The van der Waals surface area contributed by atoms with E-state index in [1.54, 1.807) is 0 Å². The van der Waals surface area contributed by atoms with E-state index in [2.05, 4.69) is 9.47 Å². The van der Waals surface area contributed by atoms with Crippen LogP contribution < -0.4 is 0 Å². The Bertz CT molecular complexity index is 351. The molecular formula is C12H19NO6. The number of carbonyl (C=O) groups is 4. The zero-order chi connectivity index (χ0) is 15.0. The minimum Gasteiger partial charge on any atom is -0.469 e. The van der Waals surface area contributed by atoms with E-state index >= 15 is 0 Å². The lowest BCUT2D eigenvalue weighted by Crippen LogP contribution is -2.47. The van der Waals surface area contributed by atoms with Crippen LogP contribution >= 0.6 is 0 Å². The molecule has 19 heavy (non-hydrogen) atoms. The minimum absolute atomic E-state index is 0.105. The summed E-state index contributed by atoms with van der Waals surface area (Å²) in [6, 6.07) is -1.01. The quantitative estimate of drug-likeness (QED) is 0.645. The third-order valence-corrected chi connectivity index (χ3v) is 2.55. The molecule has 0 aromatic heterocycles. The van der Waals surface area contributed by atoms with Crippen LogP contribution in [0.4, 0.5) is 0 Å². The molecule has 0 aliphatic carbocycles. The van der Waals surface area contributed by atoms with Gasteiger partial charge in [0, 0.05) is 20.3 Å². The second-order valence-electron chi connectivity index (χ2n) is 3.92. The van der Waals surface area contributed by atoms with E-state index in [0.29, 0.717) is 6.42 Å². The number of imide groups is 1. The van der Waals surface area contributed by atoms with Gasteiger partial charge < -0.3 is 9.47 Å². The first-order chi connectivity index (χ1) is 8.84. The molecule has 0 bridgehead atoms. The molecule has 0 radical (unpaired) electrons. The summed E-state index contributed by atoms with van der Waals surface area (Å²) >= 11 is 0. The van der Waals surface area contributed by atoms with Crippen LogP contribution in [0, 0.1) is 0 Å². The Kier molecular flexibility index (Phi) is 7.40. The Hall–Kier alpha value is -1.92. The lowest BCUT2D eigenvalue weighted by molar-refractivity contribution is -0.158. The SMILES string of the molecule is COC(=O)CCCC(C(=O)OC)N(C(C)=O)C(C)=O. The van der Waals surface area contributed by atoms with Crippen LogP contribution in [-0.2, 0) is 28.7 Å². The number of hydrogen-bond acceptors (Lipinski definition) is 6. The maximum Gasteiger partial charge on any atom is 0.329 e. The van der Waals surface area contributed by atoms with E-state index < -0.39 is 29.8 Å². The molecule has 0 aromatic rings. The average molecular weight is 273 g/mol. The van der Waals surface area contributed by atoms with Gasteiger partial charge in [0.1, 0.15) is 6.04 Å². The topological polar surface area (TPSA) is 90.0 Å². The molecule has 0 aliphatic heterocycles. The first-order valence-electron chi connectivity index (χ1n) is 5.80. The second-order valence-corrected chi connectivity index (χ2v) is 3.92. The summed E-state index contributed by atoms with van der Waals surface area (Å²) < 4.78 is 9.05. The van der Waals surface area contributed by atoms with Gasteiger partial charge in [-0.2, -0.15) is 0 Å². The first-order valence-corrected chi connectivity index (χ1v) is 5.80. The minimum atomic E-state index is -1.01. The maximum absolute atomic E-state index is 11.6. The van der Waals surface area contributed by atoms with Crippen LogP contribution in [0.2, 0.25) is 0 Å². The Labute approximate surface area is 111 Å². The number of nitrogens with zero attached hydrogens (tertiary/aromatic N) is 1. The number of methoxy groups -OCH3 is 2. The van der Waals surface area contributed by atoms with E-state index in [-0.39, 0.29) is 12.8 Å². The van der Waals surface area contributed by atoms with Gasteiger partial charge in [0.05, 0.1) is 14.2 Å². The number of hydrogen-bond donors (Lipinski definition) is 0. The zero-order valence-electron chi connectivity index (χ0n) is 11.6. The number of esters is 2. The number of rotatable bonds is 6. The summed E-state index contributed by atoms with van der Waals surface area (Å²) in [5, 5.41) is 0. The summed E-state index contributed by atoms with van der Waals surface area (Å²) in [5.41, 5.74) is 0. The molecule has 0 N–H and O–H groups in total. The fourth-order valence-electron chi connectivity index (χ4n) is 1.69. The molecule has 7 heteroatoms. The third kappa shape index (κ3) is 5.50. The molecule has 2 amide bonds. The third-order valence-electron chi connectivity index (χ3n) is 2.55. The summed E-state index contributed by atoms with van der Waals surface area (Å²) in [6.07, 6.45) is 0.568. The lowest BCUT2D eigenvalue weighted by Gasteiger charge is -2.25. The molecular weight excluding hydrogens is 254 g/mol. The van der Waals surface area contributed by atoms with E-state index in [9.17, 15) is 19.2 Å². The Morgan fingerprint density at radius 3 is 1.89 bits per heavy atom. The summed E-state index contributed by atoms with van der Waals surface area (Å²) in [7, 11) is 2.44.